The normalized spacial score (nSPS) is 9.73. The molecule has 0 rings (SSSR count). The molecule has 0 heterocycles. The van der Waals surface area contributed by atoms with E-state index in [-0.39, 0.29) is 5.91 Å². The molecule has 0 aliphatic rings. The Bertz CT molecular complexity index is 113. The van der Waals surface area contributed by atoms with Crippen LogP contribution >= 0.6 is 0 Å². The Morgan fingerprint density at radius 3 is 2.45 bits per heavy atom. The zero-order valence-electron chi connectivity index (χ0n) is 7.34. The van der Waals surface area contributed by atoms with Gasteiger partial charge in [0.25, 0.3) is 0 Å². The molecule has 0 radical (unpaired) electrons. The molecule has 0 aliphatic carbocycles. The fraction of sp³-hybridized carbons (Fsp3) is 0.875. The highest BCUT2D eigenvalue weighted by Gasteiger charge is 2.03. The molecule has 0 saturated heterocycles. The average molecular weight is 159 g/mol. The number of nitrogens with zero attached hydrogens (tertiary/aromatic N) is 1. The van der Waals surface area contributed by atoms with Crippen molar-refractivity contribution in [2.75, 3.05) is 7.05 Å². The van der Waals surface area contributed by atoms with Gasteiger partial charge < -0.3 is 0 Å². The Hall–Kier alpha value is -0.570. The summed E-state index contributed by atoms with van der Waals surface area (Å²) < 4.78 is 0. The van der Waals surface area contributed by atoms with Crippen LogP contribution in [-0.2, 0) is 4.79 Å². The Labute approximate surface area is 68.0 Å². The Balaban J connectivity index is 3.18. The molecule has 0 bridgehead atoms. The number of hydrogen-bond acceptors (Lipinski definition) is 2. The summed E-state index contributed by atoms with van der Waals surface area (Å²) in [5, 5.41) is 9.32. The summed E-state index contributed by atoms with van der Waals surface area (Å²) >= 11 is 0. The highest BCUT2D eigenvalue weighted by Crippen LogP contribution is 2.03. The minimum absolute atomic E-state index is 0.193. The van der Waals surface area contributed by atoms with E-state index in [2.05, 4.69) is 6.92 Å². The zero-order valence-corrected chi connectivity index (χ0v) is 7.34. The van der Waals surface area contributed by atoms with Gasteiger partial charge in [0.05, 0.1) is 0 Å². The van der Waals surface area contributed by atoms with Crippen LogP contribution in [0.4, 0.5) is 0 Å². The van der Waals surface area contributed by atoms with Gasteiger partial charge in [-0.15, -0.1) is 0 Å². The molecule has 0 aromatic heterocycles. The third kappa shape index (κ3) is 5.85. The highest BCUT2D eigenvalue weighted by atomic mass is 16.5. The number of hydrogen-bond donors (Lipinski definition) is 1. The summed E-state index contributed by atoms with van der Waals surface area (Å²) in [7, 11) is 1.36. The van der Waals surface area contributed by atoms with Crippen molar-refractivity contribution in [2.45, 2.75) is 39.0 Å². The molecule has 1 amide bonds. The highest BCUT2D eigenvalue weighted by molar-refractivity contribution is 5.74. The maximum absolute atomic E-state index is 10.8. The van der Waals surface area contributed by atoms with E-state index in [1.807, 2.05) is 0 Å². The lowest BCUT2D eigenvalue weighted by Crippen LogP contribution is -2.21. The van der Waals surface area contributed by atoms with Crippen LogP contribution in [0.15, 0.2) is 0 Å². The Kier molecular flexibility index (Phi) is 5.84. The van der Waals surface area contributed by atoms with Gasteiger partial charge >= 0.3 is 0 Å². The van der Waals surface area contributed by atoms with Crippen molar-refractivity contribution in [1.29, 1.82) is 0 Å². The van der Waals surface area contributed by atoms with Crippen LogP contribution in [0, 0.1) is 0 Å². The first-order valence-electron chi connectivity index (χ1n) is 4.14. The number of carbonyl (C=O) groups excluding carboxylic acids is 1. The number of carbonyl (C=O) groups is 1. The van der Waals surface area contributed by atoms with Crippen LogP contribution in [-0.4, -0.2) is 23.2 Å². The summed E-state index contributed by atoms with van der Waals surface area (Å²) in [4.78, 5) is 10.8. The molecule has 0 unspecified atom stereocenters. The van der Waals surface area contributed by atoms with Crippen LogP contribution in [0.3, 0.4) is 0 Å². The molecule has 0 aromatic carbocycles. The van der Waals surface area contributed by atoms with Gasteiger partial charge in [-0.2, -0.15) is 0 Å². The van der Waals surface area contributed by atoms with Crippen molar-refractivity contribution in [3.8, 4) is 0 Å². The van der Waals surface area contributed by atoms with Crippen molar-refractivity contribution in [3.05, 3.63) is 0 Å². The van der Waals surface area contributed by atoms with Gasteiger partial charge in [-0.1, -0.05) is 26.2 Å². The van der Waals surface area contributed by atoms with E-state index in [1.165, 1.54) is 19.9 Å². The van der Waals surface area contributed by atoms with Crippen LogP contribution in [0.1, 0.15) is 39.0 Å². The maximum atomic E-state index is 10.8. The van der Waals surface area contributed by atoms with Gasteiger partial charge in [-0.3, -0.25) is 10.0 Å². The summed E-state index contributed by atoms with van der Waals surface area (Å²) in [6.45, 7) is 2.12. The van der Waals surface area contributed by atoms with Crippen LogP contribution < -0.4 is 0 Å². The molecule has 1 N–H and O–H groups in total. The molecule has 0 fully saturated rings. The second-order valence-electron chi connectivity index (χ2n) is 2.73. The van der Waals surface area contributed by atoms with Gasteiger partial charge in [0.15, 0.2) is 0 Å². The maximum Gasteiger partial charge on any atom is 0.245 e. The number of rotatable bonds is 5. The fourth-order valence-electron chi connectivity index (χ4n) is 0.865. The zero-order chi connectivity index (χ0) is 8.69. The molecule has 0 saturated carbocycles. The van der Waals surface area contributed by atoms with E-state index in [0.29, 0.717) is 11.5 Å². The summed E-state index contributed by atoms with van der Waals surface area (Å²) in [6.07, 6.45) is 4.77. The van der Waals surface area contributed by atoms with E-state index in [4.69, 9.17) is 5.21 Å². The first kappa shape index (κ1) is 10.4. The third-order valence-corrected chi connectivity index (χ3v) is 1.61. The third-order valence-electron chi connectivity index (χ3n) is 1.61. The molecule has 0 spiro atoms. The second kappa shape index (κ2) is 6.16. The molecular weight excluding hydrogens is 142 g/mol. The van der Waals surface area contributed by atoms with E-state index in [1.54, 1.807) is 0 Å². The van der Waals surface area contributed by atoms with E-state index in [0.717, 1.165) is 12.8 Å². The van der Waals surface area contributed by atoms with Gasteiger partial charge in [0.2, 0.25) is 5.91 Å². The molecule has 0 aliphatic heterocycles. The second-order valence-corrected chi connectivity index (χ2v) is 2.73. The van der Waals surface area contributed by atoms with Gasteiger partial charge in [-0.25, -0.2) is 5.06 Å². The van der Waals surface area contributed by atoms with Crippen molar-refractivity contribution < 1.29 is 10.0 Å². The minimum Gasteiger partial charge on any atom is -0.286 e. The molecule has 3 nitrogen and oxygen atoms in total. The van der Waals surface area contributed by atoms with Gasteiger partial charge in [0, 0.05) is 13.5 Å². The quantitative estimate of drug-likeness (QED) is 0.377. The molecule has 11 heavy (non-hydrogen) atoms. The smallest absolute Gasteiger partial charge is 0.245 e. The van der Waals surface area contributed by atoms with E-state index < -0.39 is 0 Å². The monoisotopic (exact) mass is 159 g/mol. The lowest BCUT2D eigenvalue weighted by atomic mass is 10.1. The van der Waals surface area contributed by atoms with Gasteiger partial charge in [0.1, 0.15) is 0 Å². The first-order chi connectivity index (χ1) is 5.18. The first-order valence-corrected chi connectivity index (χ1v) is 4.14. The predicted octanol–water partition coefficient (Wildman–Crippen LogP) is 1.80. The number of amides is 1. The number of unbranched alkanes of at least 4 members (excludes halogenated alkanes) is 3. The SMILES string of the molecule is CCCCCCC(=O)N(C)O. The Morgan fingerprint density at radius 2 is 2.00 bits per heavy atom. The fourth-order valence-corrected chi connectivity index (χ4v) is 0.865. The lowest BCUT2D eigenvalue weighted by Gasteiger charge is -2.06. The van der Waals surface area contributed by atoms with E-state index in [9.17, 15) is 4.79 Å². The molecule has 66 valence electrons. The van der Waals surface area contributed by atoms with Crippen molar-refractivity contribution in [2.24, 2.45) is 0 Å². The van der Waals surface area contributed by atoms with Gasteiger partial charge in [-0.05, 0) is 6.42 Å². The topological polar surface area (TPSA) is 40.5 Å². The van der Waals surface area contributed by atoms with Crippen LogP contribution in [0.2, 0.25) is 0 Å². The molecular formula is C8H17NO2. The van der Waals surface area contributed by atoms with Crippen molar-refractivity contribution in [1.82, 2.24) is 5.06 Å². The minimum atomic E-state index is -0.193. The number of hydroxylamine groups is 2. The summed E-state index contributed by atoms with van der Waals surface area (Å²) in [5.41, 5.74) is 0. The lowest BCUT2D eigenvalue weighted by molar-refractivity contribution is -0.159. The van der Waals surface area contributed by atoms with Crippen LogP contribution in [0.25, 0.3) is 0 Å². The largest absolute Gasteiger partial charge is 0.286 e. The predicted molar refractivity (Wildman–Crippen MR) is 43.3 cm³/mol. The Morgan fingerprint density at radius 1 is 1.36 bits per heavy atom. The van der Waals surface area contributed by atoms with E-state index >= 15 is 0 Å². The summed E-state index contributed by atoms with van der Waals surface area (Å²) in [6, 6.07) is 0. The molecule has 0 atom stereocenters. The van der Waals surface area contributed by atoms with Crippen LogP contribution in [0.5, 0.6) is 0 Å². The average Bonchev–Trinajstić information content (AvgIpc) is 1.97. The molecule has 0 aromatic rings. The van der Waals surface area contributed by atoms with Crippen molar-refractivity contribution >= 4 is 5.91 Å². The molecule has 3 heteroatoms. The summed E-state index contributed by atoms with van der Waals surface area (Å²) in [5.74, 6) is -0.193. The van der Waals surface area contributed by atoms with Crippen molar-refractivity contribution in [3.63, 3.8) is 0 Å². The standard InChI is InChI=1S/C8H17NO2/c1-3-4-5-6-7-8(10)9(2)11/h11H,3-7H2,1-2H3.